The van der Waals surface area contributed by atoms with Gasteiger partial charge in [-0.2, -0.15) is 0 Å². The van der Waals surface area contributed by atoms with E-state index in [1.165, 1.54) is 24.3 Å². The number of aliphatic carboxylic acids is 1. The quantitative estimate of drug-likeness (QED) is 0.471. The highest BCUT2D eigenvalue weighted by Crippen LogP contribution is 2.08. The second-order valence-electron chi connectivity index (χ2n) is 3.75. The number of aliphatic hydroxyl groups is 1. The van der Waals surface area contributed by atoms with Crippen molar-refractivity contribution in [2.24, 2.45) is 0 Å². The van der Waals surface area contributed by atoms with Gasteiger partial charge in [0.05, 0.1) is 19.2 Å². The van der Waals surface area contributed by atoms with Crippen molar-refractivity contribution in [2.45, 2.75) is 13.5 Å². The van der Waals surface area contributed by atoms with Gasteiger partial charge in [0.1, 0.15) is 5.82 Å². The molecule has 20 heavy (non-hydrogen) atoms. The van der Waals surface area contributed by atoms with E-state index in [0.29, 0.717) is 11.6 Å². The van der Waals surface area contributed by atoms with E-state index in [9.17, 15) is 14.0 Å². The Morgan fingerprint density at radius 3 is 2.40 bits per heavy atom. The predicted octanol–water partition coefficient (Wildman–Crippen LogP) is 1.63. The van der Waals surface area contributed by atoms with Crippen LogP contribution in [0.1, 0.15) is 12.5 Å². The van der Waals surface area contributed by atoms with Gasteiger partial charge >= 0.3 is 5.97 Å². The van der Waals surface area contributed by atoms with Crippen LogP contribution < -0.4 is 0 Å². The van der Waals surface area contributed by atoms with E-state index in [-0.39, 0.29) is 13.2 Å². The number of hydroxylamine groups is 2. The first-order chi connectivity index (χ1) is 9.43. The molecule has 0 aliphatic carbocycles. The van der Waals surface area contributed by atoms with Crippen LogP contribution in [0, 0.1) is 5.82 Å². The Morgan fingerprint density at radius 1 is 1.30 bits per heavy atom. The molecule has 1 amide bonds. The van der Waals surface area contributed by atoms with E-state index in [0.717, 1.165) is 5.06 Å². The third-order valence-electron chi connectivity index (χ3n) is 2.25. The van der Waals surface area contributed by atoms with E-state index in [4.69, 9.17) is 15.1 Å². The van der Waals surface area contributed by atoms with Crippen molar-refractivity contribution in [1.29, 1.82) is 0 Å². The fourth-order valence-corrected chi connectivity index (χ4v) is 1.35. The Bertz CT molecular complexity index is 512. The summed E-state index contributed by atoms with van der Waals surface area (Å²) >= 11 is 0. The molecule has 0 unspecified atom stereocenters. The van der Waals surface area contributed by atoms with Crippen molar-refractivity contribution in [3.8, 4) is 0 Å². The first kappa shape index (κ1) is 15.6. The van der Waals surface area contributed by atoms with Crippen molar-refractivity contribution >= 4 is 11.9 Å². The fourth-order valence-electron chi connectivity index (χ4n) is 1.35. The molecule has 0 heterocycles. The predicted molar refractivity (Wildman–Crippen MR) is 66.9 cm³/mol. The molecule has 1 aromatic rings. The first-order valence-electron chi connectivity index (χ1n) is 5.76. The summed E-state index contributed by atoms with van der Waals surface area (Å²) in [6.07, 6.45) is 0.543. The van der Waals surface area contributed by atoms with Gasteiger partial charge in [-0.1, -0.05) is 12.1 Å². The van der Waals surface area contributed by atoms with Crippen molar-refractivity contribution < 1.29 is 29.0 Å². The summed E-state index contributed by atoms with van der Waals surface area (Å²) in [5.41, 5.74) is 0.594. The highest BCUT2D eigenvalue weighted by Gasteiger charge is 2.16. The SMILES string of the molecule is CCON(Cc1ccc(F)cc1)C(=O)/C=C(\O)C(=O)O. The molecule has 7 heteroatoms. The van der Waals surface area contributed by atoms with Crippen LogP contribution >= 0.6 is 0 Å². The molecule has 0 atom stereocenters. The molecular formula is C13H14FNO5. The topological polar surface area (TPSA) is 87.1 Å². The Labute approximate surface area is 114 Å². The standard InChI is InChI=1S/C13H14FNO5/c1-2-20-15(12(17)7-11(16)13(18)19)8-9-3-5-10(14)6-4-9/h3-7,16H,2,8H2,1H3,(H,18,19)/b11-7-. The van der Waals surface area contributed by atoms with Crippen LogP contribution in [0.2, 0.25) is 0 Å². The minimum absolute atomic E-state index is 0.00362. The number of aliphatic hydroxyl groups excluding tert-OH is 1. The molecule has 1 aromatic carbocycles. The zero-order valence-electron chi connectivity index (χ0n) is 10.7. The zero-order chi connectivity index (χ0) is 15.1. The number of amides is 1. The summed E-state index contributed by atoms with van der Waals surface area (Å²) in [4.78, 5) is 27.2. The van der Waals surface area contributed by atoms with Gasteiger partial charge in [0.15, 0.2) is 0 Å². The molecule has 0 spiro atoms. The molecule has 0 saturated heterocycles. The van der Waals surface area contributed by atoms with E-state index < -0.39 is 23.5 Å². The number of carboxylic acid groups (broad SMARTS) is 1. The van der Waals surface area contributed by atoms with Crippen LogP contribution in [-0.2, 0) is 21.0 Å². The van der Waals surface area contributed by atoms with Crippen molar-refractivity contribution in [1.82, 2.24) is 5.06 Å². The van der Waals surface area contributed by atoms with Crippen LogP contribution in [0.5, 0.6) is 0 Å². The third-order valence-corrected chi connectivity index (χ3v) is 2.25. The highest BCUT2D eigenvalue weighted by atomic mass is 19.1. The Morgan fingerprint density at radius 2 is 1.90 bits per heavy atom. The largest absolute Gasteiger partial charge is 0.502 e. The lowest BCUT2D eigenvalue weighted by Gasteiger charge is -2.19. The molecule has 0 aliphatic rings. The van der Waals surface area contributed by atoms with Crippen molar-refractivity contribution in [3.05, 3.63) is 47.5 Å². The monoisotopic (exact) mass is 283 g/mol. The van der Waals surface area contributed by atoms with E-state index in [1.54, 1.807) is 6.92 Å². The molecule has 6 nitrogen and oxygen atoms in total. The molecule has 0 aliphatic heterocycles. The maximum absolute atomic E-state index is 12.8. The lowest BCUT2D eigenvalue weighted by Crippen LogP contribution is -2.30. The number of carbonyl (C=O) groups is 2. The van der Waals surface area contributed by atoms with E-state index in [1.807, 2.05) is 0 Å². The molecule has 0 fully saturated rings. The number of nitrogens with zero attached hydrogens (tertiary/aromatic N) is 1. The summed E-state index contributed by atoms with van der Waals surface area (Å²) in [6, 6.07) is 5.40. The number of halogens is 1. The summed E-state index contributed by atoms with van der Waals surface area (Å²) in [7, 11) is 0. The van der Waals surface area contributed by atoms with Crippen LogP contribution in [0.4, 0.5) is 4.39 Å². The van der Waals surface area contributed by atoms with Crippen LogP contribution in [0.3, 0.4) is 0 Å². The average molecular weight is 283 g/mol. The molecule has 0 aromatic heterocycles. The average Bonchev–Trinajstić information content (AvgIpc) is 2.40. The minimum Gasteiger partial charge on any atom is -0.502 e. The van der Waals surface area contributed by atoms with Crippen molar-refractivity contribution in [3.63, 3.8) is 0 Å². The number of carbonyl (C=O) groups excluding carboxylic acids is 1. The summed E-state index contributed by atoms with van der Waals surface area (Å²) in [5, 5.41) is 18.4. The Balaban J connectivity index is 2.83. The van der Waals surface area contributed by atoms with Crippen molar-refractivity contribution in [2.75, 3.05) is 6.61 Å². The molecule has 0 bridgehead atoms. The number of carboxylic acids is 1. The fraction of sp³-hybridized carbons (Fsp3) is 0.231. The Hall–Kier alpha value is -2.41. The molecule has 0 radical (unpaired) electrons. The second-order valence-corrected chi connectivity index (χ2v) is 3.75. The normalized spacial score (nSPS) is 11.2. The summed E-state index contributed by atoms with van der Waals surface area (Å²) in [6.45, 7) is 1.82. The van der Waals surface area contributed by atoms with E-state index in [2.05, 4.69) is 0 Å². The smallest absolute Gasteiger partial charge is 0.371 e. The Kier molecular flexibility index (Phi) is 5.67. The maximum atomic E-state index is 12.8. The lowest BCUT2D eigenvalue weighted by molar-refractivity contribution is -0.183. The lowest BCUT2D eigenvalue weighted by atomic mass is 10.2. The molecule has 108 valence electrons. The maximum Gasteiger partial charge on any atom is 0.371 e. The number of hydrogen-bond donors (Lipinski definition) is 2. The second kappa shape index (κ2) is 7.25. The molecular weight excluding hydrogens is 269 g/mol. The third kappa shape index (κ3) is 4.69. The van der Waals surface area contributed by atoms with Crippen LogP contribution in [-0.4, -0.2) is 33.8 Å². The van der Waals surface area contributed by atoms with Gasteiger partial charge < -0.3 is 10.2 Å². The summed E-state index contributed by atoms with van der Waals surface area (Å²) < 4.78 is 12.8. The highest BCUT2D eigenvalue weighted by molar-refractivity contribution is 5.95. The minimum atomic E-state index is -1.61. The summed E-state index contributed by atoms with van der Waals surface area (Å²) in [5.74, 6) is -3.93. The number of hydrogen-bond acceptors (Lipinski definition) is 4. The van der Waals surface area contributed by atoms with Crippen LogP contribution in [0.15, 0.2) is 36.1 Å². The van der Waals surface area contributed by atoms with Gasteiger partial charge in [-0.3, -0.25) is 9.63 Å². The van der Waals surface area contributed by atoms with Gasteiger partial charge in [-0.15, -0.1) is 0 Å². The van der Waals surface area contributed by atoms with Gasteiger partial charge in [0, 0.05) is 0 Å². The zero-order valence-corrected chi connectivity index (χ0v) is 10.7. The molecule has 0 saturated carbocycles. The van der Waals surface area contributed by atoms with Gasteiger partial charge in [0.25, 0.3) is 5.91 Å². The molecule has 1 rings (SSSR count). The van der Waals surface area contributed by atoms with Crippen LogP contribution in [0.25, 0.3) is 0 Å². The van der Waals surface area contributed by atoms with Gasteiger partial charge in [0.2, 0.25) is 5.76 Å². The molecule has 2 N–H and O–H groups in total. The number of benzene rings is 1. The number of rotatable bonds is 6. The van der Waals surface area contributed by atoms with Gasteiger partial charge in [-0.05, 0) is 24.6 Å². The first-order valence-corrected chi connectivity index (χ1v) is 5.76. The van der Waals surface area contributed by atoms with E-state index >= 15 is 0 Å². The van der Waals surface area contributed by atoms with Gasteiger partial charge in [-0.25, -0.2) is 14.2 Å².